The van der Waals surface area contributed by atoms with Gasteiger partial charge in [0, 0.05) is 18.8 Å². The van der Waals surface area contributed by atoms with Crippen LogP contribution < -0.4 is 14.8 Å². The van der Waals surface area contributed by atoms with Gasteiger partial charge in [-0.1, -0.05) is 19.9 Å². The third kappa shape index (κ3) is 3.64. The summed E-state index contributed by atoms with van der Waals surface area (Å²) in [7, 11) is 0. The second kappa shape index (κ2) is 7.29. The SMILES string of the molecule is CC(C)[C@H](NC(=O)c1cnccn1)c1ccc2c(c1)OCCCO2. The first-order valence-corrected chi connectivity index (χ1v) is 8.11. The zero-order valence-electron chi connectivity index (χ0n) is 13.9. The van der Waals surface area contributed by atoms with Gasteiger partial charge < -0.3 is 14.8 Å². The van der Waals surface area contributed by atoms with E-state index in [0.717, 1.165) is 23.5 Å². The Hall–Kier alpha value is -2.63. The standard InChI is InChI=1S/C18H21N3O3/c1-12(2)17(21-18(22)14-11-19-6-7-20-14)13-4-5-15-16(10-13)24-9-3-8-23-15/h4-7,10-12,17H,3,8-9H2,1-2H3,(H,21,22)/t17-/m0/s1. The molecule has 0 unspecified atom stereocenters. The average Bonchev–Trinajstić information content (AvgIpc) is 2.84. The molecule has 1 aromatic carbocycles. The molecule has 1 atom stereocenters. The first kappa shape index (κ1) is 16.2. The van der Waals surface area contributed by atoms with Crippen LogP contribution >= 0.6 is 0 Å². The van der Waals surface area contributed by atoms with Gasteiger partial charge in [-0.05, 0) is 23.6 Å². The predicted molar refractivity (Wildman–Crippen MR) is 89.1 cm³/mol. The van der Waals surface area contributed by atoms with E-state index in [2.05, 4.69) is 29.1 Å². The quantitative estimate of drug-likeness (QED) is 0.935. The molecule has 0 radical (unpaired) electrons. The highest BCUT2D eigenvalue weighted by molar-refractivity contribution is 5.92. The molecule has 2 heterocycles. The molecular weight excluding hydrogens is 306 g/mol. The Morgan fingerprint density at radius 3 is 2.67 bits per heavy atom. The topological polar surface area (TPSA) is 73.3 Å². The predicted octanol–water partition coefficient (Wildman–Crippen LogP) is 2.77. The molecule has 1 amide bonds. The minimum absolute atomic E-state index is 0.156. The second-order valence-corrected chi connectivity index (χ2v) is 6.04. The molecule has 0 bridgehead atoms. The second-order valence-electron chi connectivity index (χ2n) is 6.04. The number of carbonyl (C=O) groups is 1. The normalized spacial score (nSPS) is 14.8. The van der Waals surface area contributed by atoms with E-state index in [9.17, 15) is 4.79 Å². The lowest BCUT2D eigenvalue weighted by atomic mass is 9.95. The van der Waals surface area contributed by atoms with Crippen molar-refractivity contribution in [3.05, 3.63) is 48.0 Å². The van der Waals surface area contributed by atoms with Crippen molar-refractivity contribution in [1.29, 1.82) is 0 Å². The van der Waals surface area contributed by atoms with Crippen LogP contribution in [0.3, 0.4) is 0 Å². The van der Waals surface area contributed by atoms with E-state index in [1.807, 2.05) is 18.2 Å². The van der Waals surface area contributed by atoms with Crippen molar-refractivity contribution in [2.45, 2.75) is 26.3 Å². The van der Waals surface area contributed by atoms with Crippen LogP contribution in [0, 0.1) is 5.92 Å². The number of aromatic nitrogens is 2. The highest BCUT2D eigenvalue weighted by Gasteiger charge is 2.22. The number of nitrogens with zero attached hydrogens (tertiary/aromatic N) is 2. The van der Waals surface area contributed by atoms with Crippen molar-refractivity contribution in [2.75, 3.05) is 13.2 Å². The number of rotatable bonds is 4. The first-order valence-electron chi connectivity index (χ1n) is 8.11. The third-order valence-electron chi connectivity index (χ3n) is 3.88. The summed E-state index contributed by atoms with van der Waals surface area (Å²) in [6, 6.07) is 5.66. The van der Waals surface area contributed by atoms with Gasteiger partial charge in [-0.15, -0.1) is 0 Å². The zero-order chi connectivity index (χ0) is 16.9. The summed E-state index contributed by atoms with van der Waals surface area (Å²) in [5, 5.41) is 3.03. The number of fused-ring (bicyclic) bond motifs is 1. The van der Waals surface area contributed by atoms with E-state index < -0.39 is 0 Å². The number of hydrogen-bond acceptors (Lipinski definition) is 5. The zero-order valence-corrected chi connectivity index (χ0v) is 13.9. The van der Waals surface area contributed by atoms with Gasteiger partial charge in [0.25, 0.3) is 5.91 Å². The summed E-state index contributed by atoms with van der Waals surface area (Å²) in [5.41, 5.74) is 1.28. The van der Waals surface area contributed by atoms with Crippen LogP contribution in [0.15, 0.2) is 36.8 Å². The average molecular weight is 327 g/mol. The highest BCUT2D eigenvalue weighted by Crippen LogP contribution is 2.34. The Morgan fingerprint density at radius 2 is 1.96 bits per heavy atom. The summed E-state index contributed by atoms with van der Waals surface area (Å²) in [6.45, 7) is 5.41. The molecular formula is C18H21N3O3. The molecule has 1 aromatic heterocycles. The molecule has 1 aliphatic heterocycles. The van der Waals surface area contributed by atoms with Crippen LogP contribution in [0.1, 0.15) is 42.4 Å². The minimum Gasteiger partial charge on any atom is -0.490 e. The van der Waals surface area contributed by atoms with Crippen molar-refractivity contribution in [3.8, 4) is 11.5 Å². The van der Waals surface area contributed by atoms with Crippen molar-refractivity contribution < 1.29 is 14.3 Å². The molecule has 3 rings (SSSR count). The minimum atomic E-state index is -0.242. The van der Waals surface area contributed by atoms with Crippen molar-refractivity contribution in [2.24, 2.45) is 5.92 Å². The maximum absolute atomic E-state index is 12.4. The van der Waals surface area contributed by atoms with Gasteiger partial charge in [0.05, 0.1) is 25.5 Å². The fraction of sp³-hybridized carbons (Fsp3) is 0.389. The summed E-state index contributed by atoms with van der Waals surface area (Å²) in [5.74, 6) is 1.44. The summed E-state index contributed by atoms with van der Waals surface area (Å²) in [4.78, 5) is 20.4. The summed E-state index contributed by atoms with van der Waals surface area (Å²) < 4.78 is 11.4. The Labute approximate surface area is 141 Å². The van der Waals surface area contributed by atoms with Crippen LogP contribution in [0.2, 0.25) is 0 Å². The number of benzene rings is 1. The Morgan fingerprint density at radius 1 is 1.17 bits per heavy atom. The number of ether oxygens (including phenoxy) is 2. The van der Waals surface area contributed by atoms with Crippen LogP contribution in [-0.2, 0) is 0 Å². The molecule has 1 aliphatic rings. The Bertz CT molecular complexity index is 704. The number of nitrogens with one attached hydrogen (secondary N) is 1. The van der Waals surface area contributed by atoms with Gasteiger partial charge in [-0.2, -0.15) is 0 Å². The van der Waals surface area contributed by atoms with Gasteiger partial charge in [0.15, 0.2) is 11.5 Å². The van der Waals surface area contributed by atoms with Gasteiger partial charge in [0.1, 0.15) is 5.69 Å². The lowest BCUT2D eigenvalue weighted by Crippen LogP contribution is -2.32. The molecule has 1 N–H and O–H groups in total. The number of hydrogen-bond donors (Lipinski definition) is 1. The maximum Gasteiger partial charge on any atom is 0.271 e. The van der Waals surface area contributed by atoms with Crippen LogP contribution in [0.25, 0.3) is 0 Å². The van der Waals surface area contributed by atoms with E-state index in [4.69, 9.17) is 9.47 Å². The van der Waals surface area contributed by atoms with E-state index in [1.54, 1.807) is 6.20 Å². The lowest BCUT2D eigenvalue weighted by molar-refractivity contribution is 0.0920. The van der Waals surface area contributed by atoms with Crippen LogP contribution in [0.4, 0.5) is 0 Å². The van der Waals surface area contributed by atoms with E-state index in [0.29, 0.717) is 18.9 Å². The molecule has 2 aromatic rings. The van der Waals surface area contributed by atoms with Crippen LogP contribution in [0.5, 0.6) is 11.5 Å². The Balaban J connectivity index is 1.83. The molecule has 126 valence electrons. The monoisotopic (exact) mass is 327 g/mol. The number of carbonyl (C=O) groups excluding carboxylic acids is 1. The van der Waals surface area contributed by atoms with Crippen LogP contribution in [-0.4, -0.2) is 29.1 Å². The fourth-order valence-electron chi connectivity index (χ4n) is 2.64. The number of amides is 1. The Kier molecular flexibility index (Phi) is 4.93. The highest BCUT2D eigenvalue weighted by atomic mass is 16.5. The van der Waals surface area contributed by atoms with Gasteiger partial charge in [-0.25, -0.2) is 4.98 Å². The summed E-state index contributed by atoms with van der Waals surface area (Å²) >= 11 is 0. The third-order valence-corrected chi connectivity index (χ3v) is 3.88. The fourth-order valence-corrected chi connectivity index (χ4v) is 2.64. The molecule has 0 aliphatic carbocycles. The first-order chi connectivity index (χ1) is 11.6. The lowest BCUT2D eigenvalue weighted by Gasteiger charge is -2.23. The molecule has 0 saturated heterocycles. The van der Waals surface area contributed by atoms with Crippen molar-refractivity contribution >= 4 is 5.91 Å². The van der Waals surface area contributed by atoms with E-state index in [-0.39, 0.29) is 17.9 Å². The molecule has 6 heteroatoms. The van der Waals surface area contributed by atoms with E-state index >= 15 is 0 Å². The molecule has 0 saturated carbocycles. The van der Waals surface area contributed by atoms with Crippen molar-refractivity contribution in [1.82, 2.24) is 15.3 Å². The van der Waals surface area contributed by atoms with Gasteiger partial charge >= 0.3 is 0 Å². The van der Waals surface area contributed by atoms with Gasteiger partial charge in [-0.3, -0.25) is 9.78 Å². The summed E-state index contributed by atoms with van der Waals surface area (Å²) in [6.07, 6.45) is 5.37. The molecule has 0 spiro atoms. The molecule has 6 nitrogen and oxygen atoms in total. The van der Waals surface area contributed by atoms with Gasteiger partial charge in [0.2, 0.25) is 0 Å². The maximum atomic E-state index is 12.4. The van der Waals surface area contributed by atoms with Crippen molar-refractivity contribution in [3.63, 3.8) is 0 Å². The largest absolute Gasteiger partial charge is 0.490 e. The molecule has 0 fully saturated rings. The smallest absolute Gasteiger partial charge is 0.271 e. The van der Waals surface area contributed by atoms with E-state index in [1.165, 1.54) is 12.4 Å². The molecule has 24 heavy (non-hydrogen) atoms.